The van der Waals surface area contributed by atoms with Gasteiger partial charge in [-0.05, 0) is 45.2 Å². The minimum atomic E-state index is -4.03. The number of aryl methyl sites for hydroxylation is 2. The first-order valence-corrected chi connectivity index (χ1v) is 6.70. The maximum Gasteiger partial charge on any atom is 0.389 e. The van der Waals surface area contributed by atoms with Gasteiger partial charge in [-0.15, -0.1) is 0 Å². The molecule has 0 aromatic heterocycles. The van der Waals surface area contributed by atoms with E-state index in [1.165, 1.54) is 11.1 Å². The Morgan fingerprint density at radius 1 is 1.11 bits per heavy atom. The largest absolute Gasteiger partial charge is 0.389 e. The van der Waals surface area contributed by atoms with Gasteiger partial charge in [0, 0.05) is 12.5 Å². The molecular weight excluding hydrogens is 251 g/mol. The van der Waals surface area contributed by atoms with E-state index in [9.17, 15) is 13.2 Å². The summed E-state index contributed by atoms with van der Waals surface area (Å²) < 4.78 is 36.2. The Bertz CT molecular complexity index is 357. The molecule has 1 atom stereocenters. The van der Waals surface area contributed by atoms with Crippen molar-refractivity contribution in [3.8, 4) is 0 Å². The van der Waals surface area contributed by atoms with E-state index in [1.54, 1.807) is 0 Å². The number of benzene rings is 1. The van der Waals surface area contributed by atoms with Gasteiger partial charge < -0.3 is 5.32 Å². The monoisotopic (exact) mass is 273 g/mol. The summed E-state index contributed by atoms with van der Waals surface area (Å²) in [5.74, 6) is 0. The Balaban J connectivity index is 2.30. The molecule has 0 spiro atoms. The van der Waals surface area contributed by atoms with Crippen LogP contribution in [0.3, 0.4) is 0 Å². The molecule has 1 aromatic rings. The highest BCUT2D eigenvalue weighted by Crippen LogP contribution is 2.23. The highest BCUT2D eigenvalue weighted by Gasteiger charge is 2.26. The van der Waals surface area contributed by atoms with Gasteiger partial charge in [0.05, 0.1) is 0 Å². The summed E-state index contributed by atoms with van der Waals surface area (Å²) in [6, 6.07) is 8.44. The van der Waals surface area contributed by atoms with Crippen LogP contribution in [0.2, 0.25) is 0 Å². The van der Waals surface area contributed by atoms with Gasteiger partial charge in [0.2, 0.25) is 0 Å². The number of hydrogen-bond acceptors (Lipinski definition) is 1. The van der Waals surface area contributed by atoms with E-state index >= 15 is 0 Å². The van der Waals surface area contributed by atoms with Gasteiger partial charge in [-0.3, -0.25) is 0 Å². The van der Waals surface area contributed by atoms with Crippen LogP contribution in [0.25, 0.3) is 0 Å². The lowest BCUT2D eigenvalue weighted by Gasteiger charge is -2.16. The number of hydrogen-bond donors (Lipinski definition) is 1. The first kappa shape index (κ1) is 16.0. The van der Waals surface area contributed by atoms with Crippen molar-refractivity contribution in [2.45, 2.75) is 51.2 Å². The first-order valence-electron chi connectivity index (χ1n) is 6.70. The molecule has 1 aromatic carbocycles. The van der Waals surface area contributed by atoms with Crippen molar-refractivity contribution in [3.05, 3.63) is 35.4 Å². The summed E-state index contributed by atoms with van der Waals surface area (Å²) in [5.41, 5.74) is 2.46. The van der Waals surface area contributed by atoms with Crippen LogP contribution in [0.4, 0.5) is 13.2 Å². The Labute approximate surface area is 113 Å². The van der Waals surface area contributed by atoms with Gasteiger partial charge in [-0.2, -0.15) is 13.2 Å². The minimum absolute atomic E-state index is 0.156. The van der Waals surface area contributed by atoms with Crippen molar-refractivity contribution in [2.24, 2.45) is 0 Å². The fourth-order valence-corrected chi connectivity index (χ4v) is 2.08. The smallest absolute Gasteiger partial charge is 0.317 e. The Morgan fingerprint density at radius 2 is 1.74 bits per heavy atom. The molecule has 1 nitrogen and oxygen atoms in total. The first-order chi connectivity index (χ1) is 8.90. The molecule has 108 valence electrons. The molecule has 0 fully saturated rings. The predicted molar refractivity (Wildman–Crippen MR) is 72.3 cm³/mol. The summed E-state index contributed by atoms with van der Waals surface area (Å²) >= 11 is 0. The molecule has 0 heterocycles. The molecule has 0 saturated heterocycles. The molecule has 19 heavy (non-hydrogen) atoms. The van der Waals surface area contributed by atoms with Gasteiger partial charge in [0.15, 0.2) is 0 Å². The standard InChI is InChI=1S/C15H22F3N/c1-12-5-7-13(8-6-12)9-10-14(19-2)4-3-11-15(16,17)18/h5-8,14,19H,3-4,9-11H2,1-2H3. The van der Waals surface area contributed by atoms with E-state index in [4.69, 9.17) is 0 Å². The van der Waals surface area contributed by atoms with E-state index in [-0.39, 0.29) is 12.5 Å². The van der Waals surface area contributed by atoms with Gasteiger partial charge in [-0.25, -0.2) is 0 Å². The van der Waals surface area contributed by atoms with Crippen molar-refractivity contribution < 1.29 is 13.2 Å². The zero-order valence-electron chi connectivity index (χ0n) is 11.6. The number of nitrogens with one attached hydrogen (secondary N) is 1. The van der Waals surface area contributed by atoms with Crippen LogP contribution in [0, 0.1) is 6.92 Å². The highest BCUT2D eigenvalue weighted by molar-refractivity contribution is 5.21. The average molecular weight is 273 g/mol. The van der Waals surface area contributed by atoms with Crippen LogP contribution in [0.5, 0.6) is 0 Å². The summed E-state index contributed by atoms with van der Waals surface area (Å²) in [5, 5.41) is 3.10. The average Bonchev–Trinajstić information content (AvgIpc) is 2.34. The molecule has 0 saturated carbocycles. The third-order valence-corrected chi connectivity index (χ3v) is 3.32. The maximum absolute atomic E-state index is 12.1. The van der Waals surface area contributed by atoms with Gasteiger partial charge in [-0.1, -0.05) is 29.8 Å². The Morgan fingerprint density at radius 3 is 2.26 bits per heavy atom. The summed E-state index contributed by atoms with van der Waals surface area (Å²) in [4.78, 5) is 0. The maximum atomic E-state index is 12.1. The fourth-order valence-electron chi connectivity index (χ4n) is 2.08. The van der Waals surface area contributed by atoms with Crippen molar-refractivity contribution in [3.63, 3.8) is 0 Å². The van der Waals surface area contributed by atoms with Crippen LogP contribution in [0.1, 0.15) is 36.8 Å². The number of halogens is 3. The molecular formula is C15H22F3N. The number of alkyl halides is 3. The van der Waals surface area contributed by atoms with Gasteiger partial charge >= 0.3 is 6.18 Å². The lowest BCUT2D eigenvalue weighted by atomic mass is 10.0. The second kappa shape index (κ2) is 7.53. The van der Waals surface area contributed by atoms with Gasteiger partial charge in [0.1, 0.15) is 0 Å². The van der Waals surface area contributed by atoms with Crippen molar-refractivity contribution >= 4 is 0 Å². The minimum Gasteiger partial charge on any atom is -0.317 e. The fraction of sp³-hybridized carbons (Fsp3) is 0.600. The highest BCUT2D eigenvalue weighted by atomic mass is 19.4. The van der Waals surface area contributed by atoms with E-state index < -0.39 is 12.6 Å². The molecule has 0 amide bonds. The third kappa shape index (κ3) is 7.21. The SMILES string of the molecule is CNC(CCCC(F)(F)F)CCc1ccc(C)cc1. The Kier molecular flexibility index (Phi) is 6.35. The molecule has 4 heteroatoms. The second-order valence-corrected chi connectivity index (χ2v) is 5.02. The third-order valence-electron chi connectivity index (χ3n) is 3.32. The molecule has 0 radical (unpaired) electrons. The van der Waals surface area contributed by atoms with Crippen LogP contribution < -0.4 is 5.32 Å². The molecule has 0 bridgehead atoms. The van der Waals surface area contributed by atoms with E-state index in [2.05, 4.69) is 29.6 Å². The quantitative estimate of drug-likeness (QED) is 0.783. The van der Waals surface area contributed by atoms with Crippen LogP contribution >= 0.6 is 0 Å². The van der Waals surface area contributed by atoms with Crippen molar-refractivity contribution in [1.29, 1.82) is 0 Å². The Hall–Kier alpha value is -1.03. The predicted octanol–water partition coefficient (Wildman–Crippen LogP) is 4.25. The van der Waals surface area contributed by atoms with Crippen molar-refractivity contribution in [2.75, 3.05) is 7.05 Å². The van der Waals surface area contributed by atoms with Crippen LogP contribution in [-0.4, -0.2) is 19.3 Å². The van der Waals surface area contributed by atoms with Crippen molar-refractivity contribution in [1.82, 2.24) is 5.32 Å². The molecule has 0 aliphatic rings. The van der Waals surface area contributed by atoms with E-state index in [1.807, 2.05) is 14.0 Å². The molecule has 1 unspecified atom stereocenters. The van der Waals surface area contributed by atoms with E-state index in [0.29, 0.717) is 6.42 Å². The normalized spacial score (nSPS) is 13.5. The zero-order valence-corrected chi connectivity index (χ0v) is 11.6. The lowest BCUT2D eigenvalue weighted by molar-refractivity contribution is -0.135. The molecule has 1 rings (SSSR count). The zero-order chi connectivity index (χ0) is 14.3. The topological polar surface area (TPSA) is 12.0 Å². The summed E-state index contributed by atoms with van der Waals surface area (Å²) in [7, 11) is 1.81. The van der Waals surface area contributed by atoms with Crippen LogP contribution in [-0.2, 0) is 6.42 Å². The second-order valence-electron chi connectivity index (χ2n) is 5.02. The summed E-state index contributed by atoms with van der Waals surface area (Å²) in [6.07, 6.45) is -2.18. The molecule has 0 aliphatic heterocycles. The van der Waals surface area contributed by atoms with E-state index in [0.717, 1.165) is 12.8 Å². The molecule has 1 N–H and O–H groups in total. The van der Waals surface area contributed by atoms with Gasteiger partial charge in [0.25, 0.3) is 0 Å². The molecule has 0 aliphatic carbocycles. The summed E-state index contributed by atoms with van der Waals surface area (Å²) in [6.45, 7) is 2.04. The lowest BCUT2D eigenvalue weighted by Crippen LogP contribution is -2.26. The van der Waals surface area contributed by atoms with Crippen LogP contribution in [0.15, 0.2) is 24.3 Å². The number of rotatable bonds is 7.